The Morgan fingerprint density at radius 2 is 1.50 bits per heavy atom. The first kappa shape index (κ1) is 9.62. The molecule has 0 heterocycles. The number of hydrogen-bond acceptors (Lipinski definition) is 3. The Kier molecular flexibility index (Phi) is 4.06. The summed E-state index contributed by atoms with van der Waals surface area (Å²) in [5.41, 5.74) is 0. The quantitative estimate of drug-likeness (QED) is 0.474. The predicted molar refractivity (Wildman–Crippen MR) is 15.7 cm³/mol. The van der Waals surface area contributed by atoms with E-state index in [1.54, 1.807) is 0 Å². The van der Waals surface area contributed by atoms with Gasteiger partial charge in [0.1, 0.15) is 0 Å². The molecule has 0 unspecified atom stereocenters. The normalized spacial score (nSPS) is 9.83. The molecule has 0 radical (unpaired) electrons. The summed E-state index contributed by atoms with van der Waals surface area (Å²) >= 11 is 2.58. The standard InChI is InChI=1S/Co.H3N.O3S/c;;1-4(2)3/h;1H3;/q;;-1/p+1. The summed E-state index contributed by atoms with van der Waals surface area (Å²) in [6.07, 6.45) is 0. The van der Waals surface area contributed by atoms with E-state index < -0.39 is 8.59 Å². The zero-order chi connectivity index (χ0) is 4.50. The Labute approximate surface area is 42.9 Å². The van der Waals surface area contributed by atoms with Crippen LogP contribution in [0.1, 0.15) is 0 Å². The van der Waals surface area contributed by atoms with E-state index in [9.17, 15) is 0 Å². The maximum absolute atomic E-state index is 8.94. The molecule has 6 heteroatoms. The van der Waals surface area contributed by atoms with Crippen LogP contribution in [0.4, 0.5) is 0 Å². The van der Waals surface area contributed by atoms with Crippen molar-refractivity contribution in [2.75, 3.05) is 0 Å². The largest absolute Gasteiger partial charge is 0.369 e. The molecule has 0 aliphatic carbocycles. The minimum absolute atomic E-state index is 0. The molecule has 0 aliphatic rings. The van der Waals surface area contributed by atoms with Gasteiger partial charge in [-0.2, -0.15) is 0 Å². The smallest absolute Gasteiger partial charge is 0.369 e. The summed E-state index contributed by atoms with van der Waals surface area (Å²) in [6.45, 7) is 0. The Balaban J connectivity index is 0. The van der Waals surface area contributed by atoms with Crippen molar-refractivity contribution in [3.05, 3.63) is 0 Å². The summed E-state index contributed by atoms with van der Waals surface area (Å²) < 4.78 is 26.8. The minimum atomic E-state index is -4.23. The first-order valence-electron chi connectivity index (χ1n) is 0.636. The number of hydrogen-bond donors (Lipinski definition) is 1. The molecule has 0 fully saturated rings. The maximum atomic E-state index is 8.94. The van der Waals surface area contributed by atoms with Gasteiger partial charge in [-0.05, 0) is 0 Å². The maximum Gasteiger partial charge on any atom is -0.369 e. The fourth-order valence-corrected chi connectivity index (χ4v) is 0. The summed E-state index contributed by atoms with van der Waals surface area (Å²) in [5, 5.41) is 0. The van der Waals surface area contributed by atoms with Gasteiger partial charge in [-0.1, -0.05) is 0 Å². The molecule has 0 saturated carbocycles. The fourth-order valence-electron chi connectivity index (χ4n) is 0. The Hall–Kier alpha value is 0.376. The number of rotatable bonds is 0. The van der Waals surface area contributed by atoms with Gasteiger partial charge in [0.2, 0.25) is 0 Å². The van der Waals surface area contributed by atoms with E-state index in [1.165, 1.54) is 0 Å². The zero-order valence-electron chi connectivity index (χ0n) is 2.97. The van der Waals surface area contributed by atoms with Crippen molar-refractivity contribution in [3.8, 4) is 0 Å². The topological polar surface area (TPSA) is 93.7 Å². The van der Waals surface area contributed by atoms with E-state index in [0.29, 0.717) is 0 Å². The molecule has 0 rings (SSSR count). The van der Waals surface area contributed by atoms with E-state index in [-0.39, 0.29) is 6.15 Å². The van der Waals surface area contributed by atoms with Gasteiger partial charge in [0.25, 0.3) is 0 Å². The van der Waals surface area contributed by atoms with Crippen molar-refractivity contribution in [1.29, 1.82) is 0 Å². The molecule has 0 spiro atoms. The summed E-state index contributed by atoms with van der Waals surface area (Å²) in [7, 11) is -4.23. The Morgan fingerprint density at radius 3 is 1.50 bits per heavy atom. The van der Waals surface area contributed by atoms with Crippen LogP contribution in [0.3, 0.4) is 0 Å². The predicted octanol–water partition coefficient (Wildman–Crippen LogP) is -0.630. The van der Waals surface area contributed by atoms with Crippen LogP contribution < -0.4 is 6.15 Å². The van der Waals surface area contributed by atoms with Gasteiger partial charge in [-0.25, -0.2) is 0 Å². The molecule has 0 aromatic carbocycles. The van der Waals surface area contributed by atoms with E-state index in [1.807, 2.05) is 0 Å². The Morgan fingerprint density at radius 1 is 1.50 bits per heavy atom. The van der Waals surface area contributed by atoms with Crippen molar-refractivity contribution in [2.45, 2.75) is 0 Å². The molecular weight excluding hydrogens is 153 g/mol. The van der Waals surface area contributed by atoms with Crippen LogP contribution in [0.2, 0.25) is 0 Å². The molecule has 0 bridgehead atoms. The van der Waals surface area contributed by atoms with Gasteiger partial charge in [0.15, 0.2) is 0 Å². The third kappa shape index (κ3) is 352. The third-order valence-corrected chi connectivity index (χ3v) is 0. The van der Waals surface area contributed by atoms with Crippen LogP contribution in [0.25, 0.3) is 0 Å². The monoisotopic (exact) mass is 157 g/mol. The van der Waals surface area contributed by atoms with E-state index >= 15 is 0 Å². The van der Waals surface area contributed by atoms with Crippen molar-refractivity contribution in [2.24, 2.45) is 0 Å². The van der Waals surface area contributed by atoms with Crippen LogP contribution in [0.5, 0.6) is 0 Å². The van der Waals surface area contributed by atoms with Gasteiger partial charge in [-0.3, -0.25) is 0 Å². The van der Waals surface area contributed by atoms with Crippen molar-refractivity contribution >= 4 is 8.59 Å². The average Bonchev–Trinajstić information content (AvgIpc) is 0.722. The van der Waals surface area contributed by atoms with E-state index in [2.05, 4.69) is 14.6 Å². The first-order chi connectivity index (χ1) is 2.00. The van der Waals surface area contributed by atoms with Gasteiger partial charge in [0, 0.05) is 0 Å². The van der Waals surface area contributed by atoms with Crippen LogP contribution in [0.15, 0.2) is 0 Å². The van der Waals surface area contributed by atoms with E-state index in [0.717, 1.165) is 0 Å². The van der Waals surface area contributed by atoms with Gasteiger partial charge in [0.05, 0.1) is 0 Å². The van der Waals surface area contributed by atoms with Crippen LogP contribution in [-0.4, -0.2) is 13.0 Å². The molecular formula is H4CoNO3S. The second kappa shape index (κ2) is 2.53. The molecule has 0 amide bonds. The van der Waals surface area contributed by atoms with Crippen molar-refractivity contribution < 1.29 is 27.6 Å². The SMILES string of the molecule is O=[S](=O)([O-])[Co].[NH4+]. The molecule has 4 N–H and O–H groups in total. The average molecular weight is 157 g/mol. The second-order valence-corrected chi connectivity index (χ2v) is 2.67. The molecule has 4 nitrogen and oxygen atoms in total. The summed E-state index contributed by atoms with van der Waals surface area (Å²) in [6, 6.07) is 0. The molecule has 0 aliphatic heterocycles. The van der Waals surface area contributed by atoms with Gasteiger partial charge in [-0.15, -0.1) is 0 Å². The zero-order valence-corrected chi connectivity index (χ0v) is 4.82. The molecule has 0 aromatic heterocycles. The molecule has 6 heavy (non-hydrogen) atoms. The number of quaternary nitrogens is 1. The fraction of sp³-hybridized carbons (Fsp3) is 0. The second-order valence-electron chi connectivity index (χ2n) is 0.371. The van der Waals surface area contributed by atoms with E-state index in [4.69, 9.17) is 13.0 Å². The van der Waals surface area contributed by atoms with Crippen molar-refractivity contribution in [1.82, 2.24) is 6.15 Å². The summed E-state index contributed by atoms with van der Waals surface area (Å²) in [5.74, 6) is 0. The first-order valence-corrected chi connectivity index (χ1v) is 3.18. The molecule has 0 saturated heterocycles. The van der Waals surface area contributed by atoms with Gasteiger partial charge >= 0.3 is 36.2 Å². The van der Waals surface area contributed by atoms with Crippen molar-refractivity contribution in [3.63, 3.8) is 0 Å². The van der Waals surface area contributed by atoms with Crippen LogP contribution in [-0.2, 0) is 23.2 Å². The van der Waals surface area contributed by atoms with Crippen LogP contribution in [0, 0.1) is 0 Å². The van der Waals surface area contributed by atoms with Gasteiger partial charge < -0.3 is 6.15 Å². The molecule has 0 aromatic rings. The third-order valence-electron chi connectivity index (χ3n) is 0. The summed E-state index contributed by atoms with van der Waals surface area (Å²) in [4.78, 5) is 0. The minimum Gasteiger partial charge on any atom is -0.369 e. The molecule has 0 atom stereocenters. The van der Waals surface area contributed by atoms with Crippen LogP contribution >= 0.6 is 0 Å². The Bertz CT molecular complexity index is 94.0. The molecule has 42 valence electrons.